The topological polar surface area (TPSA) is 55.7 Å². The highest BCUT2D eigenvalue weighted by atomic mass is 16.1. The fourth-order valence-electron chi connectivity index (χ4n) is 2.03. The van der Waals surface area contributed by atoms with Crippen LogP contribution in [-0.4, -0.2) is 20.7 Å². The Morgan fingerprint density at radius 3 is 2.94 bits per heavy atom. The summed E-state index contributed by atoms with van der Waals surface area (Å²) < 4.78 is 0. The van der Waals surface area contributed by atoms with E-state index < -0.39 is 0 Å². The van der Waals surface area contributed by atoms with Crippen molar-refractivity contribution in [3.63, 3.8) is 0 Å². The third-order valence-electron chi connectivity index (χ3n) is 2.91. The molecule has 0 unspecified atom stereocenters. The number of rotatable bonds is 1. The number of fused-ring (bicyclic) bond motifs is 1. The van der Waals surface area contributed by atoms with E-state index in [4.69, 9.17) is 0 Å². The Morgan fingerprint density at radius 1 is 1.18 bits per heavy atom. The number of aryl methyl sites for hydroxylation is 1. The van der Waals surface area contributed by atoms with Crippen LogP contribution in [0.1, 0.15) is 28.9 Å². The largest absolute Gasteiger partial charge is 0.294 e. The van der Waals surface area contributed by atoms with E-state index in [9.17, 15) is 4.79 Å². The summed E-state index contributed by atoms with van der Waals surface area (Å²) in [7, 11) is 0. The van der Waals surface area contributed by atoms with Crippen LogP contribution in [0.4, 0.5) is 0 Å². The van der Waals surface area contributed by atoms with E-state index in [0.29, 0.717) is 17.8 Å². The number of nitrogens with zero attached hydrogens (tertiary/aromatic N) is 3. The Balaban J connectivity index is 2.07. The smallest absolute Gasteiger partial charge is 0.166 e. The van der Waals surface area contributed by atoms with Crippen LogP contribution < -0.4 is 0 Å². The second kappa shape index (κ2) is 4.05. The Hall–Kier alpha value is -2.10. The first-order valence-corrected chi connectivity index (χ1v) is 5.64. The van der Waals surface area contributed by atoms with E-state index in [2.05, 4.69) is 15.0 Å². The third kappa shape index (κ3) is 1.82. The van der Waals surface area contributed by atoms with Crippen LogP contribution in [0, 0.1) is 0 Å². The molecule has 84 valence electrons. The highest BCUT2D eigenvalue weighted by Gasteiger charge is 2.19. The lowest BCUT2D eigenvalue weighted by atomic mass is 9.96. The monoisotopic (exact) mass is 225 g/mol. The standard InChI is InChI=1S/C13H11N3O/c17-12-5-1-4-11-10(12)8-15-13(16-11)9-3-2-6-14-7-9/h2-3,6-8H,1,4-5H2. The highest BCUT2D eigenvalue weighted by Crippen LogP contribution is 2.21. The molecule has 1 aliphatic carbocycles. The molecule has 3 rings (SSSR count). The van der Waals surface area contributed by atoms with Crippen molar-refractivity contribution in [3.8, 4) is 11.4 Å². The van der Waals surface area contributed by atoms with Crippen molar-refractivity contribution in [2.45, 2.75) is 19.3 Å². The number of hydrogen-bond acceptors (Lipinski definition) is 4. The van der Waals surface area contributed by atoms with Gasteiger partial charge in [0.15, 0.2) is 11.6 Å². The molecule has 0 fully saturated rings. The van der Waals surface area contributed by atoms with Crippen molar-refractivity contribution in [1.82, 2.24) is 15.0 Å². The summed E-state index contributed by atoms with van der Waals surface area (Å²) in [6, 6.07) is 3.77. The number of carbonyl (C=O) groups excluding carboxylic acids is 1. The van der Waals surface area contributed by atoms with Gasteiger partial charge in [0.25, 0.3) is 0 Å². The van der Waals surface area contributed by atoms with E-state index in [1.54, 1.807) is 18.6 Å². The lowest BCUT2D eigenvalue weighted by Gasteiger charge is -2.13. The molecule has 2 aromatic rings. The highest BCUT2D eigenvalue weighted by molar-refractivity contribution is 5.97. The van der Waals surface area contributed by atoms with Crippen molar-refractivity contribution in [1.29, 1.82) is 0 Å². The molecule has 0 saturated heterocycles. The van der Waals surface area contributed by atoms with Gasteiger partial charge >= 0.3 is 0 Å². The average molecular weight is 225 g/mol. The van der Waals surface area contributed by atoms with E-state index in [0.717, 1.165) is 24.1 Å². The average Bonchev–Trinajstić information content (AvgIpc) is 2.40. The zero-order valence-corrected chi connectivity index (χ0v) is 9.26. The molecule has 2 heterocycles. The van der Waals surface area contributed by atoms with Crippen molar-refractivity contribution in [2.75, 3.05) is 0 Å². The first-order valence-electron chi connectivity index (χ1n) is 5.64. The molecule has 1 aliphatic rings. The Kier molecular flexibility index (Phi) is 2.40. The van der Waals surface area contributed by atoms with Gasteiger partial charge in [-0.3, -0.25) is 9.78 Å². The van der Waals surface area contributed by atoms with Crippen LogP contribution in [0.2, 0.25) is 0 Å². The SMILES string of the molecule is O=C1CCCc2nc(-c3cccnc3)ncc21. The fraction of sp³-hybridized carbons (Fsp3) is 0.231. The van der Waals surface area contributed by atoms with E-state index in [-0.39, 0.29) is 5.78 Å². The lowest BCUT2D eigenvalue weighted by Crippen LogP contribution is -2.13. The number of hydrogen-bond donors (Lipinski definition) is 0. The van der Waals surface area contributed by atoms with Gasteiger partial charge in [-0.05, 0) is 25.0 Å². The maximum absolute atomic E-state index is 11.6. The summed E-state index contributed by atoms with van der Waals surface area (Å²) in [4.78, 5) is 24.4. The van der Waals surface area contributed by atoms with Crippen LogP contribution in [0.5, 0.6) is 0 Å². The first-order chi connectivity index (χ1) is 8.34. The van der Waals surface area contributed by atoms with Gasteiger partial charge < -0.3 is 0 Å². The van der Waals surface area contributed by atoms with E-state index in [1.165, 1.54) is 0 Å². The van der Waals surface area contributed by atoms with Gasteiger partial charge in [0.05, 0.1) is 11.3 Å². The quantitative estimate of drug-likeness (QED) is 0.745. The molecule has 0 N–H and O–H groups in total. The zero-order chi connectivity index (χ0) is 11.7. The molecular formula is C13H11N3O. The molecule has 0 saturated carbocycles. The number of carbonyl (C=O) groups is 1. The molecule has 17 heavy (non-hydrogen) atoms. The van der Waals surface area contributed by atoms with Crippen LogP contribution >= 0.6 is 0 Å². The summed E-state index contributed by atoms with van der Waals surface area (Å²) >= 11 is 0. The predicted octanol–water partition coefficient (Wildman–Crippen LogP) is 2.06. The second-order valence-corrected chi connectivity index (χ2v) is 4.07. The fourth-order valence-corrected chi connectivity index (χ4v) is 2.03. The number of aromatic nitrogens is 3. The molecule has 0 aromatic carbocycles. The van der Waals surface area contributed by atoms with Gasteiger partial charge in [0.1, 0.15) is 0 Å². The molecule has 0 bridgehead atoms. The minimum atomic E-state index is 0.156. The molecule has 4 heteroatoms. The zero-order valence-electron chi connectivity index (χ0n) is 9.26. The molecular weight excluding hydrogens is 214 g/mol. The Morgan fingerprint density at radius 2 is 2.12 bits per heavy atom. The van der Waals surface area contributed by atoms with Gasteiger partial charge in [-0.1, -0.05) is 0 Å². The van der Waals surface area contributed by atoms with E-state index in [1.807, 2.05) is 12.1 Å². The van der Waals surface area contributed by atoms with Crippen molar-refractivity contribution < 1.29 is 4.79 Å². The van der Waals surface area contributed by atoms with Crippen molar-refractivity contribution >= 4 is 5.78 Å². The summed E-state index contributed by atoms with van der Waals surface area (Å²) in [6.07, 6.45) is 7.44. The normalized spacial score (nSPS) is 14.5. The maximum Gasteiger partial charge on any atom is 0.166 e. The van der Waals surface area contributed by atoms with Crippen molar-refractivity contribution in [2.24, 2.45) is 0 Å². The third-order valence-corrected chi connectivity index (χ3v) is 2.91. The van der Waals surface area contributed by atoms with Gasteiger partial charge in [-0.15, -0.1) is 0 Å². The second-order valence-electron chi connectivity index (χ2n) is 4.07. The van der Waals surface area contributed by atoms with Crippen molar-refractivity contribution in [3.05, 3.63) is 42.0 Å². The molecule has 0 amide bonds. The van der Waals surface area contributed by atoms with Gasteiger partial charge in [-0.2, -0.15) is 0 Å². The molecule has 4 nitrogen and oxygen atoms in total. The predicted molar refractivity (Wildman–Crippen MR) is 62.5 cm³/mol. The minimum Gasteiger partial charge on any atom is -0.294 e. The molecule has 0 aliphatic heterocycles. The van der Waals surface area contributed by atoms with Crippen LogP contribution in [0.3, 0.4) is 0 Å². The lowest BCUT2D eigenvalue weighted by molar-refractivity contribution is 0.0971. The van der Waals surface area contributed by atoms with E-state index >= 15 is 0 Å². The van der Waals surface area contributed by atoms with Gasteiger partial charge in [0.2, 0.25) is 0 Å². The number of Topliss-reactive ketones (excluding diaryl/α,β-unsaturated/α-hetero) is 1. The minimum absolute atomic E-state index is 0.156. The molecule has 0 radical (unpaired) electrons. The van der Waals surface area contributed by atoms with Crippen LogP contribution in [0.25, 0.3) is 11.4 Å². The summed E-state index contributed by atoms with van der Waals surface area (Å²) in [5.74, 6) is 0.801. The Labute approximate surface area is 98.8 Å². The first kappa shape index (κ1) is 10.1. The molecule has 0 spiro atoms. The number of pyridine rings is 1. The summed E-state index contributed by atoms with van der Waals surface area (Å²) in [5, 5.41) is 0. The van der Waals surface area contributed by atoms with Gasteiger partial charge in [-0.25, -0.2) is 9.97 Å². The van der Waals surface area contributed by atoms with Crippen LogP contribution in [0.15, 0.2) is 30.7 Å². The molecule has 2 aromatic heterocycles. The summed E-state index contributed by atoms with van der Waals surface area (Å²) in [5.41, 5.74) is 2.44. The molecule has 0 atom stereocenters. The number of ketones is 1. The maximum atomic E-state index is 11.6. The summed E-state index contributed by atoms with van der Waals surface area (Å²) in [6.45, 7) is 0. The van der Waals surface area contributed by atoms with Gasteiger partial charge in [0, 0.05) is 30.6 Å². The van der Waals surface area contributed by atoms with Crippen LogP contribution in [-0.2, 0) is 6.42 Å². The Bertz CT molecular complexity index is 566.